The molecule has 3 rings (SSSR count). The van der Waals surface area contributed by atoms with Gasteiger partial charge in [0.05, 0.1) is 24.6 Å². The molecule has 2 aliphatic rings. The van der Waals surface area contributed by atoms with Crippen LogP contribution < -0.4 is 10.1 Å². The van der Waals surface area contributed by atoms with Gasteiger partial charge in [-0.1, -0.05) is 18.2 Å². The number of carbonyl (C=O) groups excluding carboxylic acids is 1. The Labute approximate surface area is 166 Å². The van der Waals surface area contributed by atoms with E-state index in [1.165, 1.54) is 0 Å². The number of carbonyl (C=O) groups is 2. The Bertz CT molecular complexity index is 671. The molecule has 7 heteroatoms. The fourth-order valence-corrected chi connectivity index (χ4v) is 3.99. The summed E-state index contributed by atoms with van der Waals surface area (Å²) in [5.41, 5.74) is -0.457. The van der Waals surface area contributed by atoms with Crippen LogP contribution in [0.15, 0.2) is 30.3 Å². The van der Waals surface area contributed by atoms with Crippen molar-refractivity contribution in [1.29, 1.82) is 0 Å². The second-order valence-corrected chi connectivity index (χ2v) is 8.34. The van der Waals surface area contributed by atoms with Gasteiger partial charge in [0.15, 0.2) is 0 Å². The average molecular weight is 390 g/mol. The highest BCUT2D eigenvalue weighted by atomic mass is 16.5. The minimum atomic E-state index is -0.735. The van der Waals surface area contributed by atoms with E-state index >= 15 is 0 Å². The molecule has 154 valence electrons. The zero-order valence-corrected chi connectivity index (χ0v) is 16.6. The molecule has 28 heavy (non-hydrogen) atoms. The summed E-state index contributed by atoms with van der Waals surface area (Å²) in [6.07, 6.45) is 2.43. The van der Waals surface area contributed by atoms with Crippen molar-refractivity contribution >= 4 is 12.0 Å². The van der Waals surface area contributed by atoms with Gasteiger partial charge >= 0.3 is 12.0 Å². The van der Waals surface area contributed by atoms with E-state index < -0.39 is 11.6 Å². The molecule has 1 heterocycles. The first kappa shape index (κ1) is 20.5. The number of ether oxygens (including phenoxy) is 2. The molecule has 0 spiro atoms. The van der Waals surface area contributed by atoms with Crippen molar-refractivity contribution in [2.75, 3.05) is 19.7 Å². The van der Waals surface area contributed by atoms with Crippen LogP contribution in [0.2, 0.25) is 0 Å². The maximum atomic E-state index is 12.8. The number of aliphatic carboxylic acids is 1. The third-order valence-corrected chi connectivity index (χ3v) is 5.35. The van der Waals surface area contributed by atoms with E-state index in [2.05, 4.69) is 5.32 Å². The fourth-order valence-electron chi connectivity index (χ4n) is 3.99. The van der Waals surface area contributed by atoms with Gasteiger partial charge in [0.1, 0.15) is 18.5 Å². The van der Waals surface area contributed by atoms with Crippen LogP contribution in [-0.4, -0.2) is 59.5 Å². The number of para-hydroxylation sites is 1. The summed E-state index contributed by atoms with van der Waals surface area (Å²) in [6.45, 7) is 5.29. The highest BCUT2D eigenvalue weighted by molar-refractivity contribution is 5.75. The van der Waals surface area contributed by atoms with Crippen molar-refractivity contribution in [2.24, 2.45) is 5.92 Å². The fraction of sp³-hybridized carbons (Fsp3) is 0.619. The Balaban J connectivity index is 1.52. The number of morpholine rings is 1. The van der Waals surface area contributed by atoms with Crippen LogP contribution in [0.5, 0.6) is 5.75 Å². The first-order valence-corrected chi connectivity index (χ1v) is 9.96. The van der Waals surface area contributed by atoms with Gasteiger partial charge in [-0.2, -0.15) is 0 Å². The van der Waals surface area contributed by atoms with E-state index in [1.54, 1.807) is 4.90 Å². The maximum Gasteiger partial charge on any atom is 0.317 e. The van der Waals surface area contributed by atoms with E-state index in [4.69, 9.17) is 14.6 Å². The van der Waals surface area contributed by atoms with Crippen LogP contribution in [0.4, 0.5) is 4.79 Å². The van der Waals surface area contributed by atoms with Crippen LogP contribution in [0.3, 0.4) is 0 Å². The van der Waals surface area contributed by atoms with Gasteiger partial charge in [-0.05, 0) is 51.7 Å². The summed E-state index contributed by atoms with van der Waals surface area (Å²) >= 11 is 0. The molecule has 1 aliphatic heterocycles. The zero-order valence-electron chi connectivity index (χ0n) is 16.6. The third-order valence-electron chi connectivity index (χ3n) is 5.35. The number of nitrogens with one attached hydrogen (secondary N) is 1. The molecule has 1 saturated heterocycles. The monoisotopic (exact) mass is 390 g/mol. The number of rotatable bonds is 5. The first-order chi connectivity index (χ1) is 13.3. The van der Waals surface area contributed by atoms with Crippen LogP contribution in [0.1, 0.15) is 39.5 Å². The number of hydrogen-bond acceptors (Lipinski definition) is 4. The molecule has 0 aromatic heterocycles. The molecular weight excluding hydrogens is 360 g/mol. The lowest BCUT2D eigenvalue weighted by atomic mass is 9.86. The van der Waals surface area contributed by atoms with Gasteiger partial charge in [-0.15, -0.1) is 0 Å². The second kappa shape index (κ2) is 8.82. The van der Waals surface area contributed by atoms with Crippen molar-refractivity contribution in [3.05, 3.63) is 30.3 Å². The summed E-state index contributed by atoms with van der Waals surface area (Å²) in [7, 11) is 0. The van der Waals surface area contributed by atoms with Gasteiger partial charge < -0.3 is 24.8 Å². The average Bonchev–Trinajstić information content (AvgIpc) is 2.66. The summed E-state index contributed by atoms with van der Waals surface area (Å²) in [5, 5.41) is 12.2. The Morgan fingerprint density at radius 2 is 1.89 bits per heavy atom. The molecule has 0 bridgehead atoms. The standard InChI is InChI=1S/C21H30N2O5/c1-21(2)14-23(12-18(28-21)13-27-17-6-4-3-5-7-17)20(26)22-16-10-8-15(9-11-16)19(24)25/h3-7,15-16,18H,8-14H2,1-2H3,(H,22,26)(H,24,25). The van der Waals surface area contributed by atoms with E-state index in [9.17, 15) is 9.59 Å². The zero-order chi connectivity index (χ0) is 20.1. The Morgan fingerprint density at radius 1 is 1.21 bits per heavy atom. The molecule has 1 aromatic carbocycles. The van der Waals surface area contributed by atoms with Crippen LogP contribution in [0.25, 0.3) is 0 Å². The van der Waals surface area contributed by atoms with Crippen LogP contribution in [0, 0.1) is 5.92 Å². The number of amides is 2. The van der Waals surface area contributed by atoms with Crippen molar-refractivity contribution in [3.63, 3.8) is 0 Å². The Hall–Kier alpha value is -2.28. The van der Waals surface area contributed by atoms with Gasteiger partial charge in [0.25, 0.3) is 0 Å². The molecule has 7 nitrogen and oxygen atoms in total. The Kier molecular flexibility index (Phi) is 6.44. The summed E-state index contributed by atoms with van der Waals surface area (Å²) in [4.78, 5) is 25.7. The minimum absolute atomic E-state index is 0.0353. The van der Waals surface area contributed by atoms with Gasteiger partial charge in [0, 0.05) is 6.04 Å². The highest BCUT2D eigenvalue weighted by Crippen LogP contribution is 2.26. The van der Waals surface area contributed by atoms with Gasteiger partial charge in [-0.25, -0.2) is 4.79 Å². The predicted molar refractivity (Wildman–Crippen MR) is 104 cm³/mol. The SMILES string of the molecule is CC1(C)CN(C(=O)NC2CCC(C(=O)O)CC2)CC(COc2ccccc2)O1. The van der Waals surface area contributed by atoms with Crippen molar-refractivity contribution in [1.82, 2.24) is 10.2 Å². The van der Waals surface area contributed by atoms with Crippen molar-refractivity contribution in [3.8, 4) is 5.75 Å². The van der Waals surface area contributed by atoms with Crippen LogP contribution in [-0.2, 0) is 9.53 Å². The largest absolute Gasteiger partial charge is 0.491 e. The molecule has 1 aromatic rings. The molecule has 1 atom stereocenters. The summed E-state index contributed by atoms with van der Waals surface area (Å²) in [6, 6.07) is 9.48. The quantitative estimate of drug-likeness (QED) is 0.807. The number of carboxylic acids is 1. The van der Waals surface area contributed by atoms with Gasteiger partial charge in [0.2, 0.25) is 0 Å². The molecule has 1 unspecified atom stereocenters. The molecule has 1 saturated carbocycles. The lowest BCUT2D eigenvalue weighted by molar-refractivity contribution is -0.143. The molecular formula is C21H30N2O5. The number of hydrogen-bond donors (Lipinski definition) is 2. The van der Waals surface area contributed by atoms with Crippen molar-refractivity contribution in [2.45, 2.75) is 57.3 Å². The lowest BCUT2D eigenvalue weighted by Gasteiger charge is -2.43. The van der Waals surface area contributed by atoms with E-state index in [1.807, 2.05) is 44.2 Å². The normalized spacial score (nSPS) is 27.1. The number of urea groups is 1. The molecule has 1 aliphatic carbocycles. The topological polar surface area (TPSA) is 88.1 Å². The minimum Gasteiger partial charge on any atom is -0.491 e. The lowest BCUT2D eigenvalue weighted by Crippen LogP contribution is -2.59. The second-order valence-electron chi connectivity index (χ2n) is 8.34. The molecule has 2 fully saturated rings. The number of nitrogens with zero attached hydrogens (tertiary/aromatic N) is 1. The molecule has 2 amide bonds. The smallest absolute Gasteiger partial charge is 0.317 e. The van der Waals surface area contributed by atoms with E-state index in [-0.39, 0.29) is 24.1 Å². The van der Waals surface area contributed by atoms with Crippen LogP contribution >= 0.6 is 0 Å². The molecule has 2 N–H and O–H groups in total. The number of benzene rings is 1. The van der Waals surface area contributed by atoms with Crippen molar-refractivity contribution < 1.29 is 24.2 Å². The van der Waals surface area contributed by atoms with E-state index in [0.717, 1.165) is 5.75 Å². The predicted octanol–water partition coefficient (Wildman–Crippen LogP) is 2.90. The first-order valence-electron chi connectivity index (χ1n) is 9.96. The maximum absolute atomic E-state index is 12.8. The van der Waals surface area contributed by atoms with E-state index in [0.29, 0.717) is 45.4 Å². The number of carboxylic acid groups (broad SMARTS) is 1. The van der Waals surface area contributed by atoms with Gasteiger partial charge in [-0.3, -0.25) is 4.79 Å². The summed E-state index contributed by atoms with van der Waals surface area (Å²) < 4.78 is 11.9. The summed E-state index contributed by atoms with van der Waals surface area (Å²) in [5.74, 6) is -0.239. The third kappa shape index (κ3) is 5.61. The Morgan fingerprint density at radius 3 is 2.54 bits per heavy atom. The molecule has 0 radical (unpaired) electrons. The highest BCUT2D eigenvalue weighted by Gasteiger charge is 2.37.